The number of benzene rings is 1. The summed E-state index contributed by atoms with van der Waals surface area (Å²) in [5.41, 5.74) is 0.403. The van der Waals surface area contributed by atoms with E-state index < -0.39 is 40.7 Å². The monoisotopic (exact) mass is 593 g/mol. The molecule has 4 rings (SSSR count). The maximum Gasteiger partial charge on any atom is 0.428 e. The zero-order chi connectivity index (χ0) is 29.7. The lowest BCUT2D eigenvalue weighted by atomic mass is 10.0. The molecule has 2 atom stereocenters. The third-order valence-electron chi connectivity index (χ3n) is 7.03. The fourth-order valence-corrected chi connectivity index (χ4v) is 6.01. The number of amides is 3. The van der Waals surface area contributed by atoms with Crippen molar-refractivity contribution in [3.8, 4) is 0 Å². The number of aromatic carboxylic acids is 1. The second-order valence-electron chi connectivity index (χ2n) is 10.7. The molecular weight excluding hydrogens is 559 g/mol. The van der Waals surface area contributed by atoms with E-state index in [4.69, 9.17) is 0 Å². The highest BCUT2D eigenvalue weighted by molar-refractivity contribution is 7.12. The molecule has 0 bridgehead atoms. The van der Waals surface area contributed by atoms with Crippen molar-refractivity contribution in [3.63, 3.8) is 0 Å². The molecule has 1 aliphatic heterocycles. The molecule has 41 heavy (non-hydrogen) atoms. The molecule has 3 amide bonds. The summed E-state index contributed by atoms with van der Waals surface area (Å²) in [4.78, 5) is 45.6. The fourth-order valence-electron chi connectivity index (χ4n) is 5.03. The average molecular weight is 594 g/mol. The second kappa shape index (κ2) is 12.9. The zero-order valence-electron chi connectivity index (χ0n) is 22.9. The van der Waals surface area contributed by atoms with E-state index in [9.17, 15) is 32.7 Å². The van der Waals surface area contributed by atoms with Crippen LogP contribution in [-0.4, -0.2) is 57.0 Å². The quantitative estimate of drug-likeness (QED) is 0.252. The van der Waals surface area contributed by atoms with Gasteiger partial charge in [0, 0.05) is 36.6 Å². The van der Waals surface area contributed by atoms with Gasteiger partial charge in [0.05, 0.1) is 6.04 Å². The maximum atomic E-state index is 13.7. The number of aromatic amines is 1. The Morgan fingerprint density at radius 3 is 2.39 bits per heavy atom. The van der Waals surface area contributed by atoms with Crippen LogP contribution in [0.25, 0.3) is 10.9 Å². The third kappa shape index (κ3) is 7.57. The first-order chi connectivity index (χ1) is 19.4. The van der Waals surface area contributed by atoms with Crippen molar-refractivity contribution < 1.29 is 32.7 Å². The van der Waals surface area contributed by atoms with Gasteiger partial charge in [0.25, 0.3) is 0 Å². The van der Waals surface area contributed by atoms with Crippen LogP contribution in [0.3, 0.4) is 0 Å². The van der Waals surface area contributed by atoms with Crippen molar-refractivity contribution in [1.29, 1.82) is 0 Å². The number of H-pyrrole nitrogens is 1. The van der Waals surface area contributed by atoms with Crippen molar-refractivity contribution in [2.24, 2.45) is 5.92 Å². The van der Waals surface area contributed by atoms with Gasteiger partial charge in [-0.1, -0.05) is 44.9 Å². The van der Waals surface area contributed by atoms with E-state index >= 15 is 0 Å². The SMILES string of the molecule is CC(C)C[C@H](NC(=O)N1CCCCCC1)C(=O)N[C@H](Cc1c[nH]c2ccccc12)c1nc(C(=O)O)c(C(F)(F)F)s1. The Kier molecular flexibility index (Phi) is 9.57. The molecule has 0 aliphatic carbocycles. The summed E-state index contributed by atoms with van der Waals surface area (Å²) in [5.74, 6) is -2.36. The number of rotatable bonds is 9. The van der Waals surface area contributed by atoms with Gasteiger partial charge in [-0.25, -0.2) is 14.6 Å². The number of alkyl halides is 3. The van der Waals surface area contributed by atoms with E-state index in [0.717, 1.165) is 36.6 Å². The van der Waals surface area contributed by atoms with E-state index in [1.165, 1.54) is 0 Å². The molecule has 3 aromatic rings. The number of nitrogens with zero attached hydrogens (tertiary/aromatic N) is 2. The van der Waals surface area contributed by atoms with Gasteiger partial charge >= 0.3 is 18.2 Å². The molecule has 9 nitrogen and oxygen atoms in total. The zero-order valence-corrected chi connectivity index (χ0v) is 23.7. The van der Waals surface area contributed by atoms with Gasteiger partial charge < -0.3 is 25.6 Å². The number of nitrogens with one attached hydrogen (secondary N) is 3. The molecule has 3 heterocycles. The van der Waals surface area contributed by atoms with Crippen LogP contribution >= 0.6 is 11.3 Å². The topological polar surface area (TPSA) is 127 Å². The molecule has 13 heteroatoms. The molecular formula is C28H34F3N5O4S. The van der Waals surface area contributed by atoms with E-state index in [1.54, 1.807) is 11.1 Å². The van der Waals surface area contributed by atoms with Gasteiger partial charge in [-0.05, 0) is 36.8 Å². The van der Waals surface area contributed by atoms with Crippen LogP contribution < -0.4 is 10.6 Å². The van der Waals surface area contributed by atoms with Crippen LogP contribution in [0, 0.1) is 5.92 Å². The molecule has 222 valence electrons. The third-order valence-corrected chi connectivity index (χ3v) is 8.25. The molecule has 0 spiro atoms. The molecule has 1 aliphatic rings. The lowest BCUT2D eigenvalue weighted by molar-refractivity contribution is -0.135. The van der Waals surface area contributed by atoms with Crippen LogP contribution in [0.4, 0.5) is 18.0 Å². The molecule has 4 N–H and O–H groups in total. The number of fused-ring (bicyclic) bond motifs is 1. The van der Waals surface area contributed by atoms with Crippen molar-refractivity contribution in [3.05, 3.63) is 51.6 Å². The molecule has 1 fully saturated rings. The summed E-state index contributed by atoms with van der Waals surface area (Å²) in [6.07, 6.45) is 0.929. The highest BCUT2D eigenvalue weighted by Crippen LogP contribution is 2.39. The molecule has 1 aromatic carbocycles. The Morgan fingerprint density at radius 2 is 1.78 bits per heavy atom. The van der Waals surface area contributed by atoms with Gasteiger partial charge in [0.1, 0.15) is 15.9 Å². The Hall–Kier alpha value is -3.61. The number of thiazole rings is 1. The summed E-state index contributed by atoms with van der Waals surface area (Å²) >= 11 is 0.199. The first kappa shape index (κ1) is 30.4. The van der Waals surface area contributed by atoms with E-state index in [-0.39, 0.29) is 34.7 Å². The standard InChI is InChI=1S/C28H34F3N5O4S/c1-16(2)13-20(34-27(40)36-11-7-3-4-8-12-36)24(37)33-21(14-17-15-32-19-10-6-5-9-18(17)19)25-35-22(26(38)39)23(41-25)28(29,30)31/h5-6,9-10,15-16,20-21,32H,3-4,7-8,11-14H2,1-2H3,(H,33,37)(H,34,40)(H,38,39)/t20-,21+/m0/s1. The predicted octanol–water partition coefficient (Wildman–Crippen LogP) is 5.74. The molecule has 0 saturated carbocycles. The van der Waals surface area contributed by atoms with Crippen LogP contribution in [0.5, 0.6) is 0 Å². The average Bonchev–Trinajstić information content (AvgIpc) is 3.44. The maximum absolute atomic E-state index is 13.7. The predicted molar refractivity (Wildman–Crippen MR) is 149 cm³/mol. The van der Waals surface area contributed by atoms with E-state index in [1.807, 2.05) is 38.1 Å². The summed E-state index contributed by atoms with van der Waals surface area (Å²) in [6, 6.07) is 4.95. The number of aromatic nitrogens is 2. The van der Waals surface area contributed by atoms with Crippen LogP contribution in [0.1, 0.15) is 77.9 Å². The van der Waals surface area contributed by atoms with E-state index in [2.05, 4.69) is 20.6 Å². The second-order valence-corrected chi connectivity index (χ2v) is 11.7. The Labute approximate surface area is 239 Å². The number of carboxylic acid groups (broad SMARTS) is 1. The minimum atomic E-state index is -4.93. The number of carbonyl (C=O) groups excluding carboxylic acids is 2. The summed E-state index contributed by atoms with van der Waals surface area (Å²) in [5, 5.41) is 15.7. The van der Waals surface area contributed by atoms with Gasteiger partial charge in [-0.3, -0.25) is 4.79 Å². The van der Waals surface area contributed by atoms with E-state index in [0.29, 0.717) is 25.1 Å². The van der Waals surface area contributed by atoms with Crippen molar-refractivity contribution in [2.45, 2.75) is 70.6 Å². The minimum Gasteiger partial charge on any atom is -0.476 e. The van der Waals surface area contributed by atoms with Crippen molar-refractivity contribution >= 4 is 40.1 Å². The smallest absolute Gasteiger partial charge is 0.428 e. The van der Waals surface area contributed by atoms with Crippen LogP contribution in [-0.2, 0) is 17.4 Å². The highest BCUT2D eigenvalue weighted by Gasteiger charge is 2.41. The molecule has 2 aromatic heterocycles. The number of urea groups is 1. The number of halogens is 3. The van der Waals surface area contributed by atoms with Gasteiger partial charge in [0.15, 0.2) is 5.69 Å². The number of hydrogen-bond donors (Lipinski definition) is 4. The van der Waals surface area contributed by atoms with Gasteiger partial charge in [-0.15, -0.1) is 11.3 Å². The Balaban J connectivity index is 1.65. The summed E-state index contributed by atoms with van der Waals surface area (Å²) < 4.78 is 41.2. The van der Waals surface area contributed by atoms with Gasteiger partial charge in [-0.2, -0.15) is 13.2 Å². The van der Waals surface area contributed by atoms with Crippen molar-refractivity contribution in [1.82, 2.24) is 25.5 Å². The number of para-hydroxylation sites is 1. The first-order valence-corrected chi connectivity index (χ1v) is 14.5. The highest BCUT2D eigenvalue weighted by atomic mass is 32.1. The fraction of sp³-hybridized carbons (Fsp3) is 0.500. The normalized spacial score (nSPS) is 15.9. The first-order valence-electron chi connectivity index (χ1n) is 13.7. The Bertz CT molecular complexity index is 1380. The van der Waals surface area contributed by atoms with Crippen LogP contribution in [0.2, 0.25) is 0 Å². The lowest BCUT2D eigenvalue weighted by Crippen LogP contribution is -2.52. The number of carboxylic acids is 1. The number of likely N-dealkylation sites (tertiary alicyclic amines) is 1. The number of carbonyl (C=O) groups is 3. The largest absolute Gasteiger partial charge is 0.476 e. The van der Waals surface area contributed by atoms with Crippen molar-refractivity contribution in [2.75, 3.05) is 13.1 Å². The molecule has 0 radical (unpaired) electrons. The summed E-state index contributed by atoms with van der Waals surface area (Å²) in [7, 11) is 0. The Morgan fingerprint density at radius 1 is 1.10 bits per heavy atom. The molecule has 1 saturated heterocycles. The molecule has 0 unspecified atom stereocenters. The lowest BCUT2D eigenvalue weighted by Gasteiger charge is -2.27. The minimum absolute atomic E-state index is 0.0255. The van der Waals surface area contributed by atoms with Gasteiger partial charge in [0.2, 0.25) is 5.91 Å². The number of hydrogen-bond acceptors (Lipinski definition) is 5. The van der Waals surface area contributed by atoms with Crippen LogP contribution in [0.15, 0.2) is 30.5 Å². The summed E-state index contributed by atoms with van der Waals surface area (Å²) in [6.45, 7) is 4.97.